The Morgan fingerprint density at radius 3 is 2.81 bits per heavy atom. The van der Waals surface area contributed by atoms with E-state index in [1.54, 1.807) is 12.3 Å². The lowest BCUT2D eigenvalue weighted by Gasteiger charge is -2.10. The third kappa shape index (κ3) is 4.20. The fraction of sp³-hybridized carbons (Fsp3) is 0.304. The van der Waals surface area contributed by atoms with Crippen LogP contribution in [-0.2, 0) is 36.4 Å². The minimum absolute atomic E-state index is 0.191. The van der Waals surface area contributed by atoms with Gasteiger partial charge in [-0.1, -0.05) is 11.8 Å². The van der Waals surface area contributed by atoms with E-state index in [2.05, 4.69) is 16.3 Å². The highest BCUT2D eigenvalue weighted by Gasteiger charge is 2.18. The number of hydrogen-bond acceptors (Lipinski definition) is 7. The summed E-state index contributed by atoms with van der Waals surface area (Å²) in [5.41, 5.74) is 9.09. The van der Waals surface area contributed by atoms with E-state index in [4.69, 9.17) is 14.6 Å². The molecular formula is C23H22N4O4S. The van der Waals surface area contributed by atoms with Gasteiger partial charge in [-0.2, -0.15) is 0 Å². The number of nitrogens with two attached hydrogens (primary N) is 1. The quantitative estimate of drug-likeness (QED) is 0.323. The average molecular weight is 451 g/mol. The molecule has 0 saturated carbocycles. The highest BCUT2D eigenvalue weighted by Crippen LogP contribution is 2.31. The number of carbonyl (C=O) groups excluding carboxylic acids is 1. The normalized spacial score (nSPS) is 13.0. The molecule has 2 N–H and O–H groups in total. The number of primary amides is 1. The van der Waals surface area contributed by atoms with E-state index in [-0.39, 0.29) is 18.0 Å². The van der Waals surface area contributed by atoms with Crippen molar-refractivity contribution in [2.24, 2.45) is 5.73 Å². The summed E-state index contributed by atoms with van der Waals surface area (Å²) in [4.78, 5) is 23.4. The molecular weight excluding hydrogens is 428 g/mol. The maximum Gasteiger partial charge on any atom is 0.336 e. The number of fused-ring (bicyclic) bond motifs is 2. The molecule has 0 radical (unpaired) electrons. The summed E-state index contributed by atoms with van der Waals surface area (Å²) in [7, 11) is 0. The van der Waals surface area contributed by atoms with Crippen LogP contribution in [0.3, 0.4) is 0 Å². The predicted molar refractivity (Wildman–Crippen MR) is 119 cm³/mol. The fourth-order valence-electron chi connectivity index (χ4n) is 4.12. The number of rotatable bonds is 8. The number of aryl methyl sites for hydroxylation is 3. The summed E-state index contributed by atoms with van der Waals surface area (Å²) in [6.45, 7) is 0.446. The van der Waals surface area contributed by atoms with Crippen LogP contribution in [0.2, 0.25) is 0 Å². The third-order valence-electron chi connectivity index (χ3n) is 5.68. The Morgan fingerprint density at radius 2 is 2.03 bits per heavy atom. The van der Waals surface area contributed by atoms with Gasteiger partial charge in [0.2, 0.25) is 5.91 Å². The minimum atomic E-state index is -0.387. The van der Waals surface area contributed by atoms with E-state index in [1.807, 2.05) is 22.8 Å². The zero-order valence-electron chi connectivity index (χ0n) is 17.4. The highest BCUT2D eigenvalue weighted by molar-refractivity contribution is 7.98. The first-order valence-electron chi connectivity index (χ1n) is 10.5. The first kappa shape index (κ1) is 20.6. The van der Waals surface area contributed by atoms with Crippen LogP contribution < -0.4 is 11.4 Å². The van der Waals surface area contributed by atoms with Crippen LogP contribution in [0.15, 0.2) is 55.4 Å². The SMILES string of the molecule is NC(=O)CCc1nnc(SCc2cc(=O)oc3cc4c(cc23)CCC4)n1Cc1ccco1. The van der Waals surface area contributed by atoms with Crippen molar-refractivity contribution in [1.29, 1.82) is 0 Å². The van der Waals surface area contributed by atoms with Gasteiger partial charge in [0, 0.05) is 30.0 Å². The van der Waals surface area contributed by atoms with Crippen molar-refractivity contribution in [3.8, 4) is 0 Å². The van der Waals surface area contributed by atoms with E-state index in [0.717, 1.165) is 36.0 Å². The van der Waals surface area contributed by atoms with E-state index < -0.39 is 0 Å². The van der Waals surface area contributed by atoms with E-state index in [0.29, 0.717) is 35.3 Å². The molecule has 1 aliphatic carbocycles. The molecule has 164 valence electrons. The second kappa shape index (κ2) is 8.66. The van der Waals surface area contributed by atoms with Gasteiger partial charge in [-0.25, -0.2) is 4.79 Å². The molecule has 32 heavy (non-hydrogen) atoms. The third-order valence-corrected chi connectivity index (χ3v) is 6.70. The molecule has 0 atom stereocenters. The number of benzene rings is 1. The van der Waals surface area contributed by atoms with Gasteiger partial charge in [0.1, 0.15) is 17.2 Å². The molecule has 9 heteroatoms. The van der Waals surface area contributed by atoms with Crippen LogP contribution in [0.1, 0.15) is 41.1 Å². The van der Waals surface area contributed by atoms with Crippen molar-refractivity contribution in [1.82, 2.24) is 14.8 Å². The summed E-state index contributed by atoms with van der Waals surface area (Å²) in [6.07, 6.45) is 5.41. The molecule has 3 heterocycles. The lowest BCUT2D eigenvalue weighted by Crippen LogP contribution is -2.14. The van der Waals surface area contributed by atoms with Crippen molar-refractivity contribution >= 4 is 28.6 Å². The van der Waals surface area contributed by atoms with Crippen LogP contribution in [0, 0.1) is 0 Å². The van der Waals surface area contributed by atoms with Gasteiger partial charge >= 0.3 is 5.63 Å². The van der Waals surface area contributed by atoms with Crippen LogP contribution >= 0.6 is 11.8 Å². The number of furan rings is 1. The van der Waals surface area contributed by atoms with Gasteiger partial charge in [-0.3, -0.25) is 9.36 Å². The number of carbonyl (C=O) groups is 1. The molecule has 8 nitrogen and oxygen atoms in total. The Hall–Kier alpha value is -3.33. The molecule has 3 aromatic heterocycles. The Bertz CT molecular complexity index is 1340. The molecule has 4 aromatic rings. The van der Waals surface area contributed by atoms with Crippen molar-refractivity contribution in [3.63, 3.8) is 0 Å². The summed E-state index contributed by atoms with van der Waals surface area (Å²) in [6, 6.07) is 9.42. The molecule has 0 spiro atoms. The van der Waals surface area contributed by atoms with Crippen LogP contribution in [0.5, 0.6) is 0 Å². The maximum absolute atomic E-state index is 12.2. The second-order valence-corrected chi connectivity index (χ2v) is 8.82. The lowest BCUT2D eigenvalue weighted by atomic mass is 10.0. The number of thioether (sulfide) groups is 1. The fourth-order valence-corrected chi connectivity index (χ4v) is 5.07. The number of nitrogens with zero attached hydrogens (tertiary/aromatic N) is 3. The molecule has 0 unspecified atom stereocenters. The van der Waals surface area contributed by atoms with Gasteiger partial charge < -0.3 is 14.6 Å². The topological polar surface area (TPSA) is 117 Å². The molecule has 0 aliphatic heterocycles. The van der Waals surface area contributed by atoms with E-state index in [1.165, 1.54) is 22.9 Å². The van der Waals surface area contributed by atoms with Gasteiger partial charge in [0.25, 0.3) is 0 Å². The number of aromatic nitrogens is 3. The molecule has 0 bridgehead atoms. The molecule has 5 rings (SSSR count). The Kier molecular flexibility index (Phi) is 5.57. The predicted octanol–water partition coefficient (Wildman–Crippen LogP) is 3.22. The first-order chi connectivity index (χ1) is 15.6. The lowest BCUT2D eigenvalue weighted by molar-refractivity contribution is -0.118. The summed E-state index contributed by atoms with van der Waals surface area (Å²) in [5.74, 6) is 1.57. The van der Waals surface area contributed by atoms with E-state index in [9.17, 15) is 9.59 Å². The van der Waals surface area contributed by atoms with E-state index >= 15 is 0 Å². The number of hydrogen-bond donors (Lipinski definition) is 1. The van der Waals surface area contributed by atoms with Crippen molar-refractivity contribution < 1.29 is 13.6 Å². The minimum Gasteiger partial charge on any atom is -0.467 e. The smallest absolute Gasteiger partial charge is 0.336 e. The summed E-state index contributed by atoms with van der Waals surface area (Å²) < 4.78 is 12.9. The molecule has 1 amide bonds. The van der Waals surface area contributed by atoms with Gasteiger partial charge in [-0.15, -0.1) is 10.2 Å². The molecule has 1 aromatic carbocycles. The Labute approximate surface area is 187 Å². The standard InChI is InChI=1S/C23H22N4O4S/c24-20(28)6-7-21-25-26-23(27(21)12-17-5-2-8-30-17)32-13-16-11-22(29)31-19-10-15-4-1-3-14(15)9-18(16)19/h2,5,8-11H,1,3-4,6-7,12-13H2,(H2,24,28). The summed E-state index contributed by atoms with van der Waals surface area (Å²) >= 11 is 1.48. The van der Waals surface area contributed by atoms with Crippen LogP contribution in [0.25, 0.3) is 11.0 Å². The first-order valence-corrected chi connectivity index (χ1v) is 11.5. The van der Waals surface area contributed by atoms with Crippen LogP contribution in [-0.4, -0.2) is 20.7 Å². The second-order valence-electron chi connectivity index (χ2n) is 7.88. The van der Waals surface area contributed by atoms with Crippen molar-refractivity contribution in [2.45, 2.75) is 49.6 Å². The molecule has 1 aliphatic rings. The largest absolute Gasteiger partial charge is 0.467 e. The van der Waals surface area contributed by atoms with Gasteiger partial charge in [0.05, 0.1) is 12.8 Å². The van der Waals surface area contributed by atoms with Gasteiger partial charge in [0.15, 0.2) is 5.16 Å². The molecule has 0 saturated heterocycles. The average Bonchev–Trinajstić information content (AvgIpc) is 3.51. The monoisotopic (exact) mass is 450 g/mol. The molecule has 0 fully saturated rings. The summed E-state index contributed by atoms with van der Waals surface area (Å²) in [5, 5.41) is 10.2. The van der Waals surface area contributed by atoms with Gasteiger partial charge in [-0.05, 0) is 60.2 Å². The van der Waals surface area contributed by atoms with Crippen molar-refractivity contribution in [2.75, 3.05) is 0 Å². The number of amides is 1. The zero-order chi connectivity index (χ0) is 22.1. The Balaban J connectivity index is 1.45. The van der Waals surface area contributed by atoms with Crippen molar-refractivity contribution in [3.05, 3.63) is 75.3 Å². The zero-order valence-corrected chi connectivity index (χ0v) is 18.2. The Morgan fingerprint density at radius 1 is 1.19 bits per heavy atom. The van der Waals surface area contributed by atoms with Crippen LogP contribution in [0.4, 0.5) is 0 Å². The maximum atomic E-state index is 12.2. The highest BCUT2D eigenvalue weighted by atomic mass is 32.2.